The van der Waals surface area contributed by atoms with Crippen molar-refractivity contribution in [1.82, 2.24) is 0 Å². The molecule has 0 atom stereocenters. The number of ether oxygens (including phenoxy) is 1. The van der Waals surface area contributed by atoms with Crippen LogP contribution in [0.15, 0.2) is 0 Å². The van der Waals surface area contributed by atoms with E-state index in [0.29, 0.717) is 10.9 Å². The smallest absolute Gasteiger partial charge is 0.260 e. The first-order valence-corrected chi connectivity index (χ1v) is 7.54. The Morgan fingerprint density at radius 3 is 2.43 bits per heavy atom. The van der Waals surface area contributed by atoms with Crippen LogP contribution in [0.3, 0.4) is 0 Å². The normalized spacial score (nSPS) is 15.9. The maximum absolute atomic E-state index is 11.6. The molecular formula is C13H20N4O3S. The molecule has 1 fully saturated rings. The van der Waals surface area contributed by atoms with Gasteiger partial charge in [-0.3, -0.25) is 9.59 Å². The highest BCUT2D eigenvalue weighted by molar-refractivity contribution is 7.19. The van der Waals surface area contributed by atoms with Gasteiger partial charge in [-0.25, -0.2) is 0 Å². The lowest BCUT2D eigenvalue weighted by Crippen LogP contribution is -2.30. The van der Waals surface area contributed by atoms with Gasteiger partial charge in [0.25, 0.3) is 11.8 Å². The van der Waals surface area contributed by atoms with Gasteiger partial charge in [0.1, 0.15) is 9.88 Å². The predicted molar refractivity (Wildman–Crippen MR) is 82.6 cm³/mol. The molecule has 1 aromatic rings. The van der Waals surface area contributed by atoms with Gasteiger partial charge in [-0.1, -0.05) is 0 Å². The molecule has 0 bridgehead atoms. The summed E-state index contributed by atoms with van der Waals surface area (Å²) in [6.07, 6.45) is 1.94. The fourth-order valence-corrected chi connectivity index (χ4v) is 3.57. The Balaban J connectivity index is 2.26. The first kappa shape index (κ1) is 15.6. The van der Waals surface area contributed by atoms with E-state index >= 15 is 0 Å². The second kappa shape index (κ2) is 6.31. The molecule has 8 heteroatoms. The molecule has 1 aliphatic heterocycles. The van der Waals surface area contributed by atoms with Gasteiger partial charge in [0.2, 0.25) is 0 Å². The maximum Gasteiger partial charge on any atom is 0.260 e. The van der Waals surface area contributed by atoms with Crippen LogP contribution in [0.25, 0.3) is 0 Å². The van der Waals surface area contributed by atoms with Crippen LogP contribution >= 0.6 is 11.3 Å². The number of rotatable bonds is 5. The van der Waals surface area contributed by atoms with Crippen LogP contribution in [-0.4, -0.2) is 38.6 Å². The second-order valence-electron chi connectivity index (χ2n) is 5.19. The Hall–Kier alpha value is -1.80. The second-order valence-corrected chi connectivity index (χ2v) is 6.19. The average molecular weight is 312 g/mol. The van der Waals surface area contributed by atoms with Crippen molar-refractivity contribution in [2.45, 2.75) is 12.8 Å². The molecule has 21 heavy (non-hydrogen) atoms. The van der Waals surface area contributed by atoms with E-state index in [1.165, 1.54) is 0 Å². The molecule has 0 radical (unpaired) electrons. The van der Waals surface area contributed by atoms with Crippen LogP contribution in [0.2, 0.25) is 0 Å². The van der Waals surface area contributed by atoms with Crippen LogP contribution in [0.4, 0.5) is 10.7 Å². The summed E-state index contributed by atoms with van der Waals surface area (Å²) in [7, 11) is 1.86. The molecule has 1 saturated heterocycles. The lowest BCUT2D eigenvalue weighted by atomic mass is 10.00. The highest BCUT2D eigenvalue weighted by atomic mass is 32.1. The molecule has 1 aromatic heterocycles. The topological polar surface area (TPSA) is 125 Å². The van der Waals surface area contributed by atoms with E-state index in [2.05, 4.69) is 0 Å². The van der Waals surface area contributed by atoms with Gasteiger partial charge in [0.05, 0.1) is 11.3 Å². The van der Waals surface area contributed by atoms with Gasteiger partial charge in [0, 0.05) is 26.8 Å². The number of carbonyl (C=O) groups excluding carboxylic acids is 2. The molecule has 2 rings (SSSR count). The molecule has 6 N–H and O–H groups in total. The summed E-state index contributed by atoms with van der Waals surface area (Å²) < 4.78 is 5.33. The molecule has 1 aliphatic rings. The zero-order chi connectivity index (χ0) is 15.6. The Bertz CT molecular complexity index is 552. The zero-order valence-electron chi connectivity index (χ0n) is 11.9. The van der Waals surface area contributed by atoms with Crippen LogP contribution in [-0.2, 0) is 4.74 Å². The molecular weight excluding hydrogens is 292 g/mol. The molecule has 2 heterocycles. The van der Waals surface area contributed by atoms with E-state index < -0.39 is 11.8 Å². The van der Waals surface area contributed by atoms with E-state index in [9.17, 15) is 9.59 Å². The lowest BCUT2D eigenvalue weighted by molar-refractivity contribution is 0.0685. The number of hydrogen-bond acceptors (Lipinski definition) is 6. The number of carbonyl (C=O) groups is 2. The number of primary amides is 2. The highest BCUT2D eigenvalue weighted by Gasteiger charge is 2.26. The summed E-state index contributed by atoms with van der Waals surface area (Å²) in [6, 6.07) is 0. The summed E-state index contributed by atoms with van der Waals surface area (Å²) >= 11 is 1.11. The largest absolute Gasteiger partial charge is 0.397 e. The number of anilines is 2. The molecule has 7 nitrogen and oxygen atoms in total. The van der Waals surface area contributed by atoms with Crippen LogP contribution in [0, 0.1) is 5.92 Å². The third-order valence-corrected chi connectivity index (χ3v) is 4.95. The van der Waals surface area contributed by atoms with Gasteiger partial charge in [0.15, 0.2) is 0 Å². The Morgan fingerprint density at radius 1 is 1.29 bits per heavy atom. The van der Waals surface area contributed by atoms with Crippen LogP contribution in [0.1, 0.15) is 32.9 Å². The van der Waals surface area contributed by atoms with E-state index in [1.54, 1.807) is 0 Å². The third kappa shape index (κ3) is 3.27. The van der Waals surface area contributed by atoms with Gasteiger partial charge < -0.3 is 26.8 Å². The maximum atomic E-state index is 11.6. The van der Waals surface area contributed by atoms with E-state index in [0.717, 1.165) is 43.9 Å². The van der Waals surface area contributed by atoms with Crippen LogP contribution in [0.5, 0.6) is 0 Å². The fourth-order valence-electron chi connectivity index (χ4n) is 2.52. The minimum Gasteiger partial charge on any atom is -0.397 e. The van der Waals surface area contributed by atoms with Crippen molar-refractivity contribution in [3.63, 3.8) is 0 Å². The Labute approximate surface area is 127 Å². The molecule has 0 aliphatic carbocycles. The minimum atomic E-state index is -0.648. The third-order valence-electron chi connectivity index (χ3n) is 3.62. The number of hydrogen-bond donors (Lipinski definition) is 3. The monoisotopic (exact) mass is 312 g/mol. The SMILES string of the molecule is CN(CC1CCOCC1)c1sc(C(N)=O)c(N)c1C(N)=O. The van der Waals surface area contributed by atoms with Gasteiger partial charge in [-0.05, 0) is 18.8 Å². The lowest BCUT2D eigenvalue weighted by Gasteiger charge is -2.28. The summed E-state index contributed by atoms with van der Waals surface area (Å²) in [5, 5.41) is 0.597. The first-order chi connectivity index (χ1) is 9.91. The van der Waals surface area contributed by atoms with Crippen molar-refractivity contribution in [2.75, 3.05) is 37.4 Å². The van der Waals surface area contributed by atoms with E-state index in [1.807, 2.05) is 11.9 Å². The van der Waals surface area contributed by atoms with Gasteiger partial charge >= 0.3 is 0 Å². The number of nitrogen functional groups attached to an aromatic ring is 1. The number of nitrogens with two attached hydrogens (primary N) is 3. The molecule has 0 saturated carbocycles. The number of thiophene rings is 1. The van der Waals surface area contributed by atoms with Crippen molar-refractivity contribution in [3.05, 3.63) is 10.4 Å². The van der Waals surface area contributed by atoms with Gasteiger partial charge in [-0.2, -0.15) is 0 Å². The number of nitrogens with zero attached hydrogens (tertiary/aromatic N) is 1. The van der Waals surface area contributed by atoms with Crippen LogP contribution < -0.4 is 22.1 Å². The predicted octanol–water partition coefficient (Wildman–Crippen LogP) is 0.391. The summed E-state index contributed by atoms with van der Waals surface area (Å²) in [4.78, 5) is 25.1. The quantitative estimate of drug-likeness (QED) is 0.725. The van der Waals surface area contributed by atoms with Crippen molar-refractivity contribution in [2.24, 2.45) is 17.4 Å². The Morgan fingerprint density at radius 2 is 1.90 bits per heavy atom. The van der Waals surface area contributed by atoms with Gasteiger partial charge in [-0.15, -0.1) is 11.3 Å². The average Bonchev–Trinajstić information content (AvgIpc) is 2.78. The van der Waals surface area contributed by atoms with Crippen molar-refractivity contribution >= 4 is 33.8 Å². The summed E-state index contributed by atoms with van der Waals surface area (Å²) in [5.74, 6) is -0.819. The molecule has 116 valence electrons. The fraction of sp³-hybridized carbons (Fsp3) is 0.538. The molecule has 2 amide bonds. The minimum absolute atomic E-state index is 0.0776. The standard InChI is InChI=1S/C13H20N4O3S/c1-17(6-7-2-4-20-5-3-7)13-8(11(15)18)9(14)10(21-13)12(16)19/h7H,2-6,14H2,1H3,(H2,15,18)(H2,16,19). The molecule has 0 aromatic carbocycles. The van der Waals surface area contributed by atoms with E-state index in [-0.39, 0.29) is 16.1 Å². The summed E-state index contributed by atoms with van der Waals surface area (Å²) in [5.41, 5.74) is 16.8. The van der Waals surface area contributed by atoms with E-state index in [4.69, 9.17) is 21.9 Å². The number of amides is 2. The molecule has 0 spiro atoms. The van der Waals surface area contributed by atoms with Crippen molar-refractivity contribution < 1.29 is 14.3 Å². The summed E-state index contributed by atoms with van der Waals surface area (Å²) in [6.45, 7) is 2.25. The Kier molecular flexibility index (Phi) is 4.69. The van der Waals surface area contributed by atoms with Crippen molar-refractivity contribution in [3.8, 4) is 0 Å². The zero-order valence-corrected chi connectivity index (χ0v) is 12.7. The highest BCUT2D eigenvalue weighted by Crippen LogP contribution is 2.38. The van der Waals surface area contributed by atoms with Crippen molar-refractivity contribution in [1.29, 1.82) is 0 Å². The first-order valence-electron chi connectivity index (χ1n) is 6.72. The molecule has 0 unspecified atom stereocenters.